The van der Waals surface area contributed by atoms with Gasteiger partial charge in [0.2, 0.25) is 0 Å². The minimum atomic E-state index is 0.212. The van der Waals surface area contributed by atoms with Crippen LogP contribution in [-0.4, -0.2) is 0 Å². The third kappa shape index (κ3) is 3.57. The molecule has 19 heavy (non-hydrogen) atoms. The van der Waals surface area contributed by atoms with Gasteiger partial charge in [0.1, 0.15) is 0 Å². The first kappa shape index (κ1) is 13.6. The molecule has 2 aromatic carbocycles. The van der Waals surface area contributed by atoms with E-state index in [1.54, 1.807) is 0 Å². The lowest BCUT2D eigenvalue weighted by Crippen LogP contribution is -2.18. The summed E-state index contributed by atoms with van der Waals surface area (Å²) in [7, 11) is 0. The predicted molar refractivity (Wildman–Crippen MR) is 77.9 cm³/mol. The van der Waals surface area contributed by atoms with Gasteiger partial charge < -0.3 is 5.32 Å². The molecule has 2 nitrogen and oxygen atoms in total. The lowest BCUT2D eigenvalue weighted by Gasteiger charge is -2.15. The van der Waals surface area contributed by atoms with E-state index in [0.717, 1.165) is 22.7 Å². The molecular weight excluding hydrogens is 256 g/mol. The van der Waals surface area contributed by atoms with Crippen LogP contribution in [0.5, 0.6) is 0 Å². The summed E-state index contributed by atoms with van der Waals surface area (Å²) in [5.41, 5.74) is 2.93. The molecule has 0 saturated heterocycles. The number of rotatable bonds is 4. The number of halogens is 1. The number of hydrogen-bond donors (Lipinski definition) is 1. The van der Waals surface area contributed by atoms with Gasteiger partial charge in [-0.1, -0.05) is 41.9 Å². The molecule has 0 amide bonds. The molecule has 0 fully saturated rings. The van der Waals surface area contributed by atoms with Gasteiger partial charge in [-0.25, -0.2) is 0 Å². The Morgan fingerprint density at radius 2 is 1.84 bits per heavy atom. The average Bonchev–Trinajstić information content (AvgIpc) is 2.46. The van der Waals surface area contributed by atoms with Gasteiger partial charge in [-0.3, -0.25) is 0 Å². The van der Waals surface area contributed by atoms with Crippen LogP contribution in [0.15, 0.2) is 48.5 Å². The number of hydrogen-bond acceptors (Lipinski definition) is 2. The highest BCUT2D eigenvalue weighted by Crippen LogP contribution is 2.17. The zero-order chi connectivity index (χ0) is 13.7. The minimum Gasteiger partial charge on any atom is -0.306 e. The molecule has 0 aliphatic rings. The predicted octanol–water partition coefficient (Wildman–Crippen LogP) is 4.06. The summed E-state index contributed by atoms with van der Waals surface area (Å²) in [6, 6.07) is 17.8. The van der Waals surface area contributed by atoms with Gasteiger partial charge in [0.25, 0.3) is 0 Å². The summed E-state index contributed by atoms with van der Waals surface area (Å²) < 4.78 is 0. The Balaban J connectivity index is 1.99. The van der Waals surface area contributed by atoms with Crippen LogP contribution in [0.1, 0.15) is 29.7 Å². The summed E-state index contributed by atoms with van der Waals surface area (Å²) in [6.07, 6.45) is 0. The zero-order valence-corrected chi connectivity index (χ0v) is 11.5. The normalized spacial score (nSPS) is 11.8. The Kier molecular flexibility index (Phi) is 4.57. The van der Waals surface area contributed by atoms with E-state index in [1.807, 2.05) is 48.5 Å². The Morgan fingerprint density at radius 1 is 1.16 bits per heavy atom. The largest absolute Gasteiger partial charge is 0.306 e. The van der Waals surface area contributed by atoms with Gasteiger partial charge in [-0.15, -0.1) is 0 Å². The lowest BCUT2D eigenvalue weighted by atomic mass is 10.1. The van der Waals surface area contributed by atoms with Crippen LogP contribution >= 0.6 is 11.6 Å². The van der Waals surface area contributed by atoms with Crippen molar-refractivity contribution in [2.45, 2.75) is 19.5 Å². The quantitative estimate of drug-likeness (QED) is 0.909. The van der Waals surface area contributed by atoms with Gasteiger partial charge in [-0.05, 0) is 36.2 Å². The molecule has 1 atom stereocenters. The fourth-order valence-electron chi connectivity index (χ4n) is 1.87. The highest BCUT2D eigenvalue weighted by molar-refractivity contribution is 6.31. The second-order valence-corrected chi connectivity index (χ2v) is 4.84. The topological polar surface area (TPSA) is 35.8 Å². The van der Waals surface area contributed by atoms with Crippen molar-refractivity contribution in [3.8, 4) is 6.07 Å². The molecule has 0 aliphatic carbocycles. The smallest absolute Gasteiger partial charge is 0.0991 e. The molecular formula is C16H15ClN2. The third-order valence-electron chi connectivity index (χ3n) is 3.10. The molecule has 1 unspecified atom stereocenters. The van der Waals surface area contributed by atoms with Gasteiger partial charge in [0.05, 0.1) is 11.6 Å². The van der Waals surface area contributed by atoms with Crippen LogP contribution < -0.4 is 5.32 Å². The third-order valence-corrected chi connectivity index (χ3v) is 3.47. The summed E-state index contributed by atoms with van der Waals surface area (Å²) in [6.45, 7) is 2.82. The maximum absolute atomic E-state index is 8.77. The van der Waals surface area contributed by atoms with Gasteiger partial charge >= 0.3 is 0 Å². The van der Waals surface area contributed by atoms with E-state index in [4.69, 9.17) is 16.9 Å². The van der Waals surface area contributed by atoms with Crippen molar-refractivity contribution < 1.29 is 0 Å². The van der Waals surface area contributed by atoms with Gasteiger partial charge in [0, 0.05) is 17.6 Å². The summed E-state index contributed by atoms with van der Waals surface area (Å²) in [4.78, 5) is 0. The molecule has 0 bridgehead atoms. The van der Waals surface area contributed by atoms with Crippen LogP contribution in [0.3, 0.4) is 0 Å². The van der Waals surface area contributed by atoms with Crippen LogP contribution in [0.2, 0.25) is 5.02 Å². The van der Waals surface area contributed by atoms with Crippen LogP contribution in [0, 0.1) is 11.3 Å². The molecule has 2 aromatic rings. The van der Waals surface area contributed by atoms with Crippen LogP contribution in [0.25, 0.3) is 0 Å². The monoisotopic (exact) mass is 270 g/mol. The Morgan fingerprint density at radius 3 is 2.47 bits per heavy atom. The van der Waals surface area contributed by atoms with Crippen LogP contribution in [0.4, 0.5) is 0 Å². The van der Waals surface area contributed by atoms with Crippen molar-refractivity contribution >= 4 is 11.6 Å². The van der Waals surface area contributed by atoms with Crippen molar-refractivity contribution in [2.24, 2.45) is 0 Å². The second-order valence-electron chi connectivity index (χ2n) is 4.43. The Labute approximate surface area is 118 Å². The van der Waals surface area contributed by atoms with E-state index in [1.165, 1.54) is 0 Å². The molecule has 3 heteroatoms. The first-order chi connectivity index (χ1) is 9.20. The highest BCUT2D eigenvalue weighted by Gasteiger charge is 2.06. The van der Waals surface area contributed by atoms with Crippen molar-refractivity contribution in [3.05, 3.63) is 70.2 Å². The minimum absolute atomic E-state index is 0.212. The van der Waals surface area contributed by atoms with Crippen LogP contribution in [-0.2, 0) is 6.54 Å². The van der Waals surface area contributed by atoms with E-state index in [2.05, 4.69) is 18.3 Å². The fourth-order valence-corrected chi connectivity index (χ4v) is 2.07. The number of nitriles is 1. The molecule has 96 valence electrons. The fraction of sp³-hybridized carbons (Fsp3) is 0.188. The molecule has 0 saturated carbocycles. The van der Waals surface area contributed by atoms with E-state index in [-0.39, 0.29) is 6.04 Å². The second kappa shape index (κ2) is 6.38. The Hall–Kier alpha value is -1.82. The van der Waals surface area contributed by atoms with Crippen molar-refractivity contribution in [1.82, 2.24) is 5.32 Å². The van der Waals surface area contributed by atoms with E-state index >= 15 is 0 Å². The Bertz CT molecular complexity index is 584. The number of nitrogens with one attached hydrogen (secondary N) is 1. The summed E-state index contributed by atoms with van der Waals surface area (Å²) in [5.74, 6) is 0. The standard InChI is InChI=1S/C16H15ClN2/c1-12(14-8-6-13(10-18)7-9-14)19-11-15-4-2-3-5-16(15)17/h2-9,12,19H,11H2,1H3. The summed E-state index contributed by atoms with van der Waals surface area (Å²) >= 11 is 6.12. The van der Waals surface area contributed by atoms with E-state index < -0.39 is 0 Å². The number of benzene rings is 2. The highest BCUT2D eigenvalue weighted by atomic mass is 35.5. The maximum atomic E-state index is 8.77. The zero-order valence-electron chi connectivity index (χ0n) is 10.7. The van der Waals surface area contributed by atoms with Crippen molar-refractivity contribution in [3.63, 3.8) is 0 Å². The molecule has 0 spiro atoms. The maximum Gasteiger partial charge on any atom is 0.0991 e. The molecule has 0 radical (unpaired) electrons. The summed E-state index contributed by atoms with van der Waals surface area (Å²) in [5, 5.41) is 13.0. The van der Waals surface area contributed by atoms with Crippen molar-refractivity contribution in [1.29, 1.82) is 5.26 Å². The lowest BCUT2D eigenvalue weighted by molar-refractivity contribution is 0.575. The molecule has 0 heterocycles. The van der Waals surface area contributed by atoms with E-state index in [9.17, 15) is 0 Å². The molecule has 0 aliphatic heterocycles. The number of nitrogens with zero attached hydrogens (tertiary/aromatic N) is 1. The molecule has 2 rings (SSSR count). The van der Waals surface area contributed by atoms with Gasteiger partial charge in [-0.2, -0.15) is 5.26 Å². The van der Waals surface area contributed by atoms with E-state index in [0.29, 0.717) is 5.56 Å². The van der Waals surface area contributed by atoms with Crippen molar-refractivity contribution in [2.75, 3.05) is 0 Å². The molecule has 0 aromatic heterocycles. The van der Waals surface area contributed by atoms with Gasteiger partial charge in [0.15, 0.2) is 0 Å². The molecule has 1 N–H and O–H groups in total. The average molecular weight is 271 g/mol. The SMILES string of the molecule is CC(NCc1ccccc1Cl)c1ccc(C#N)cc1. The first-order valence-electron chi connectivity index (χ1n) is 6.17. The first-order valence-corrected chi connectivity index (χ1v) is 6.55.